The Morgan fingerprint density at radius 3 is 3.18 bits per heavy atom. The zero-order chi connectivity index (χ0) is 12.1. The van der Waals surface area contributed by atoms with Crippen LogP contribution in [0.4, 0.5) is 0 Å². The summed E-state index contributed by atoms with van der Waals surface area (Å²) in [5.74, 6) is -0.708. The Balaban J connectivity index is 1.89. The molecular weight excluding hydrogens is 220 g/mol. The molecule has 1 aromatic heterocycles. The number of piperidine rings is 1. The van der Waals surface area contributed by atoms with Crippen LogP contribution in [0.25, 0.3) is 0 Å². The van der Waals surface area contributed by atoms with Gasteiger partial charge in [-0.1, -0.05) is 11.6 Å². The number of likely N-dealkylation sites (tertiary alicyclic amines) is 1. The van der Waals surface area contributed by atoms with Gasteiger partial charge in [-0.3, -0.25) is 9.69 Å². The monoisotopic (exact) mass is 238 g/mol. The molecule has 1 fully saturated rings. The van der Waals surface area contributed by atoms with E-state index in [9.17, 15) is 4.79 Å². The van der Waals surface area contributed by atoms with Crippen molar-refractivity contribution in [2.24, 2.45) is 0 Å². The number of rotatable bonds is 5. The van der Waals surface area contributed by atoms with Gasteiger partial charge in [-0.25, -0.2) is 0 Å². The van der Waals surface area contributed by atoms with Crippen LogP contribution in [0.1, 0.15) is 37.7 Å². The zero-order valence-corrected chi connectivity index (χ0v) is 9.84. The first-order valence-corrected chi connectivity index (χ1v) is 6.10. The van der Waals surface area contributed by atoms with Crippen molar-refractivity contribution in [3.05, 3.63) is 18.0 Å². The molecule has 2 rings (SSSR count). The van der Waals surface area contributed by atoms with Crippen molar-refractivity contribution in [1.29, 1.82) is 0 Å². The van der Waals surface area contributed by atoms with Gasteiger partial charge in [0.25, 0.3) is 0 Å². The molecule has 0 saturated carbocycles. The molecule has 0 aliphatic carbocycles. The molecule has 0 aromatic carbocycles. The van der Waals surface area contributed by atoms with Gasteiger partial charge in [-0.05, 0) is 25.8 Å². The zero-order valence-electron chi connectivity index (χ0n) is 9.84. The predicted molar refractivity (Wildman–Crippen MR) is 61.4 cm³/mol. The second-order valence-electron chi connectivity index (χ2n) is 4.59. The van der Waals surface area contributed by atoms with Crippen molar-refractivity contribution in [2.75, 3.05) is 6.54 Å². The topological polar surface area (TPSA) is 66.6 Å². The Hall–Kier alpha value is -1.36. The number of nitrogens with zero attached hydrogens (tertiary/aromatic N) is 2. The quantitative estimate of drug-likeness (QED) is 0.848. The molecule has 1 unspecified atom stereocenters. The minimum atomic E-state index is -0.708. The SMILES string of the molecule is O=C(O)CCC1CCCCN1Cc1cnoc1. The van der Waals surface area contributed by atoms with Gasteiger partial charge >= 0.3 is 5.97 Å². The fourth-order valence-electron chi connectivity index (χ4n) is 2.42. The van der Waals surface area contributed by atoms with Gasteiger partial charge < -0.3 is 9.63 Å². The minimum Gasteiger partial charge on any atom is -0.481 e. The third-order valence-electron chi connectivity index (χ3n) is 3.31. The summed E-state index contributed by atoms with van der Waals surface area (Å²) in [6.45, 7) is 1.85. The van der Waals surface area contributed by atoms with Crippen molar-refractivity contribution in [3.8, 4) is 0 Å². The lowest BCUT2D eigenvalue weighted by Gasteiger charge is -2.35. The highest BCUT2D eigenvalue weighted by Crippen LogP contribution is 2.22. The van der Waals surface area contributed by atoms with E-state index < -0.39 is 5.97 Å². The summed E-state index contributed by atoms with van der Waals surface area (Å²) in [4.78, 5) is 13.0. The van der Waals surface area contributed by atoms with Crippen molar-refractivity contribution in [1.82, 2.24) is 10.1 Å². The number of hydrogen-bond acceptors (Lipinski definition) is 4. The number of hydrogen-bond donors (Lipinski definition) is 1. The Labute approximate surface area is 100 Å². The average Bonchev–Trinajstić information content (AvgIpc) is 2.80. The lowest BCUT2D eigenvalue weighted by atomic mass is 9.97. The standard InChI is InChI=1S/C12H18N2O3/c15-12(16)5-4-11-3-1-2-6-14(11)8-10-7-13-17-9-10/h7,9,11H,1-6,8H2,(H,15,16). The first-order chi connectivity index (χ1) is 8.25. The molecule has 5 heteroatoms. The van der Waals surface area contributed by atoms with Crippen LogP contribution in [-0.2, 0) is 11.3 Å². The number of aromatic nitrogens is 1. The van der Waals surface area contributed by atoms with Crippen LogP contribution >= 0.6 is 0 Å². The number of carbonyl (C=O) groups is 1. The summed E-state index contributed by atoms with van der Waals surface area (Å²) >= 11 is 0. The van der Waals surface area contributed by atoms with E-state index in [1.54, 1.807) is 12.5 Å². The average molecular weight is 238 g/mol. The smallest absolute Gasteiger partial charge is 0.303 e. The second kappa shape index (κ2) is 5.82. The van der Waals surface area contributed by atoms with Crippen molar-refractivity contribution in [2.45, 2.75) is 44.7 Å². The van der Waals surface area contributed by atoms with Gasteiger partial charge in [0.2, 0.25) is 0 Å². The largest absolute Gasteiger partial charge is 0.481 e. The molecule has 1 N–H and O–H groups in total. The van der Waals surface area contributed by atoms with E-state index in [2.05, 4.69) is 10.1 Å². The molecule has 0 amide bonds. The molecule has 2 heterocycles. The van der Waals surface area contributed by atoms with E-state index >= 15 is 0 Å². The summed E-state index contributed by atoms with van der Waals surface area (Å²) in [6, 6.07) is 0.384. The van der Waals surface area contributed by atoms with E-state index in [0.717, 1.165) is 31.5 Å². The molecule has 0 spiro atoms. The first kappa shape index (κ1) is 12.1. The maximum Gasteiger partial charge on any atom is 0.303 e. The van der Waals surface area contributed by atoms with Crippen LogP contribution in [0.5, 0.6) is 0 Å². The molecule has 1 atom stereocenters. The molecular formula is C12H18N2O3. The molecule has 1 aromatic rings. The molecule has 0 radical (unpaired) electrons. The highest BCUT2D eigenvalue weighted by atomic mass is 16.5. The minimum absolute atomic E-state index is 0.255. The lowest BCUT2D eigenvalue weighted by molar-refractivity contribution is -0.137. The van der Waals surface area contributed by atoms with Gasteiger partial charge in [0.05, 0.1) is 6.20 Å². The fraction of sp³-hybridized carbons (Fsp3) is 0.667. The van der Waals surface area contributed by atoms with Gasteiger partial charge in [-0.2, -0.15) is 0 Å². The summed E-state index contributed by atoms with van der Waals surface area (Å²) in [5, 5.41) is 12.4. The third kappa shape index (κ3) is 3.56. The van der Waals surface area contributed by atoms with Crippen LogP contribution < -0.4 is 0 Å². The normalized spacial score (nSPS) is 21.5. The molecule has 17 heavy (non-hydrogen) atoms. The summed E-state index contributed by atoms with van der Waals surface area (Å²) < 4.78 is 4.82. The van der Waals surface area contributed by atoms with Gasteiger partial charge in [0, 0.05) is 24.6 Å². The second-order valence-corrected chi connectivity index (χ2v) is 4.59. The Kier molecular flexibility index (Phi) is 4.14. The van der Waals surface area contributed by atoms with Crippen molar-refractivity contribution >= 4 is 5.97 Å². The van der Waals surface area contributed by atoms with Gasteiger partial charge in [0.1, 0.15) is 6.26 Å². The fourth-order valence-corrected chi connectivity index (χ4v) is 2.42. The van der Waals surface area contributed by atoms with E-state index in [4.69, 9.17) is 9.63 Å². The highest BCUT2D eigenvalue weighted by molar-refractivity contribution is 5.66. The van der Waals surface area contributed by atoms with Crippen molar-refractivity contribution in [3.63, 3.8) is 0 Å². The molecule has 0 bridgehead atoms. The van der Waals surface area contributed by atoms with Crippen LogP contribution in [-0.4, -0.2) is 33.7 Å². The van der Waals surface area contributed by atoms with Crippen LogP contribution in [0, 0.1) is 0 Å². The van der Waals surface area contributed by atoms with Gasteiger partial charge in [0.15, 0.2) is 0 Å². The van der Waals surface area contributed by atoms with E-state index in [-0.39, 0.29) is 6.42 Å². The highest BCUT2D eigenvalue weighted by Gasteiger charge is 2.23. The van der Waals surface area contributed by atoms with E-state index in [1.165, 1.54) is 12.8 Å². The van der Waals surface area contributed by atoms with Crippen LogP contribution in [0.2, 0.25) is 0 Å². The number of carboxylic acid groups (broad SMARTS) is 1. The number of carboxylic acids is 1. The third-order valence-corrected chi connectivity index (χ3v) is 3.31. The van der Waals surface area contributed by atoms with E-state index in [1.807, 2.05) is 0 Å². The Bertz CT molecular complexity index is 351. The van der Waals surface area contributed by atoms with Gasteiger partial charge in [-0.15, -0.1) is 0 Å². The Morgan fingerprint density at radius 1 is 1.59 bits per heavy atom. The van der Waals surface area contributed by atoms with Crippen LogP contribution in [0.15, 0.2) is 17.0 Å². The predicted octanol–water partition coefficient (Wildman–Crippen LogP) is 1.89. The van der Waals surface area contributed by atoms with Crippen LogP contribution in [0.3, 0.4) is 0 Å². The molecule has 1 aliphatic heterocycles. The lowest BCUT2D eigenvalue weighted by Crippen LogP contribution is -2.39. The summed E-state index contributed by atoms with van der Waals surface area (Å²) in [6.07, 6.45) is 7.86. The maximum absolute atomic E-state index is 10.6. The molecule has 5 nitrogen and oxygen atoms in total. The molecule has 94 valence electrons. The van der Waals surface area contributed by atoms with Crippen molar-refractivity contribution < 1.29 is 14.4 Å². The molecule has 1 saturated heterocycles. The maximum atomic E-state index is 10.6. The molecule has 1 aliphatic rings. The van der Waals surface area contributed by atoms with E-state index in [0.29, 0.717) is 6.04 Å². The summed E-state index contributed by atoms with van der Waals surface area (Å²) in [5.41, 5.74) is 1.06. The Morgan fingerprint density at radius 2 is 2.47 bits per heavy atom. The number of aliphatic carboxylic acids is 1. The summed E-state index contributed by atoms with van der Waals surface area (Å²) in [7, 11) is 0. The first-order valence-electron chi connectivity index (χ1n) is 6.10.